The number of hydrogen-bond acceptors (Lipinski definition) is 5. The molecule has 1 aliphatic heterocycles. The van der Waals surface area contributed by atoms with Gasteiger partial charge in [0.15, 0.2) is 5.65 Å². The van der Waals surface area contributed by atoms with Crippen molar-refractivity contribution in [3.8, 4) is 17.0 Å². The lowest BCUT2D eigenvalue weighted by Gasteiger charge is -2.42. The first kappa shape index (κ1) is 22.0. The number of fused-ring (bicyclic) bond motifs is 1. The van der Waals surface area contributed by atoms with Gasteiger partial charge in [-0.2, -0.15) is 10.1 Å². The van der Waals surface area contributed by atoms with Gasteiger partial charge in [0.2, 0.25) is 11.8 Å². The molecule has 4 rings (SSSR count). The summed E-state index contributed by atoms with van der Waals surface area (Å²) >= 11 is 0. The molecule has 0 spiro atoms. The number of nitrogens with zero attached hydrogens (tertiary/aromatic N) is 4. The Morgan fingerprint density at radius 2 is 2.06 bits per heavy atom. The van der Waals surface area contributed by atoms with Gasteiger partial charge in [-0.25, -0.2) is 8.91 Å². The van der Waals surface area contributed by atoms with Gasteiger partial charge in [0, 0.05) is 49.6 Å². The van der Waals surface area contributed by atoms with Crippen LogP contribution in [0.1, 0.15) is 39.5 Å². The van der Waals surface area contributed by atoms with E-state index in [0.717, 1.165) is 25.8 Å². The molecule has 3 aromatic rings. The van der Waals surface area contributed by atoms with Crippen LogP contribution in [0, 0.1) is 11.2 Å². The summed E-state index contributed by atoms with van der Waals surface area (Å²) in [6, 6.07) is 6.52. The van der Waals surface area contributed by atoms with Crippen molar-refractivity contribution in [2.24, 2.45) is 5.41 Å². The van der Waals surface area contributed by atoms with E-state index in [1.54, 1.807) is 30.1 Å². The largest absolute Gasteiger partial charge is 0.481 e. The highest BCUT2D eigenvalue weighted by atomic mass is 19.1. The van der Waals surface area contributed by atoms with Crippen molar-refractivity contribution in [2.45, 2.75) is 39.5 Å². The Morgan fingerprint density at radius 1 is 1.25 bits per heavy atom. The molecule has 0 saturated carbocycles. The zero-order valence-corrected chi connectivity index (χ0v) is 18.9. The molecule has 1 amide bonds. The number of halogens is 1. The highest BCUT2D eigenvalue weighted by Crippen LogP contribution is 2.36. The van der Waals surface area contributed by atoms with Crippen LogP contribution >= 0.6 is 0 Å². The predicted molar refractivity (Wildman–Crippen MR) is 122 cm³/mol. The molecular formula is C24H30FN5O2. The lowest BCUT2D eigenvalue weighted by molar-refractivity contribution is -0.137. The van der Waals surface area contributed by atoms with Gasteiger partial charge in [-0.1, -0.05) is 13.8 Å². The number of hydrogen-bond donors (Lipinski definition) is 1. The van der Waals surface area contributed by atoms with Crippen molar-refractivity contribution < 1.29 is 13.9 Å². The van der Waals surface area contributed by atoms with E-state index in [0.29, 0.717) is 47.9 Å². The van der Waals surface area contributed by atoms with E-state index in [1.165, 1.54) is 12.1 Å². The third-order valence-electron chi connectivity index (χ3n) is 6.72. The predicted octanol–water partition coefficient (Wildman–Crippen LogP) is 4.38. The van der Waals surface area contributed by atoms with E-state index in [2.05, 4.69) is 29.2 Å². The molecule has 170 valence electrons. The molecule has 8 heteroatoms. The monoisotopic (exact) mass is 439 g/mol. The molecule has 1 N–H and O–H groups in total. The minimum absolute atomic E-state index is 0.204. The summed E-state index contributed by atoms with van der Waals surface area (Å²) in [6.07, 6.45) is 7.15. The lowest BCUT2D eigenvalue weighted by Crippen LogP contribution is -2.47. The van der Waals surface area contributed by atoms with Gasteiger partial charge in [0.1, 0.15) is 5.82 Å². The van der Waals surface area contributed by atoms with Crippen molar-refractivity contribution in [3.05, 3.63) is 42.5 Å². The number of amides is 1. The summed E-state index contributed by atoms with van der Waals surface area (Å²) in [5.41, 5.74) is 2.86. The molecule has 1 aromatic carbocycles. The molecule has 0 radical (unpaired) electrons. The topological polar surface area (TPSA) is 71.8 Å². The number of ether oxygens (including phenoxy) is 1. The maximum absolute atomic E-state index is 14.4. The second kappa shape index (κ2) is 9.14. The summed E-state index contributed by atoms with van der Waals surface area (Å²) in [7, 11) is 1.55. The molecule has 0 atom stereocenters. The highest BCUT2D eigenvalue weighted by Gasteiger charge is 2.35. The van der Waals surface area contributed by atoms with Gasteiger partial charge in [0.25, 0.3) is 0 Å². The van der Waals surface area contributed by atoms with Crippen LogP contribution in [-0.2, 0) is 4.79 Å². The number of likely N-dealkylation sites (tertiary alicyclic amines) is 1. The molecule has 0 bridgehead atoms. The zero-order chi connectivity index (χ0) is 22.7. The van der Waals surface area contributed by atoms with Crippen LogP contribution in [0.15, 0.2) is 36.7 Å². The van der Waals surface area contributed by atoms with E-state index < -0.39 is 0 Å². The number of carbonyl (C=O) groups is 1. The average Bonchev–Trinajstić information content (AvgIpc) is 3.23. The molecule has 7 nitrogen and oxygen atoms in total. The Morgan fingerprint density at radius 3 is 2.81 bits per heavy atom. The molecular weight excluding hydrogens is 409 g/mol. The van der Waals surface area contributed by atoms with Gasteiger partial charge in [-0.3, -0.25) is 4.79 Å². The normalized spacial score (nSPS) is 15.9. The first-order valence-electron chi connectivity index (χ1n) is 11.2. The van der Waals surface area contributed by atoms with Crippen molar-refractivity contribution in [2.75, 3.05) is 32.1 Å². The van der Waals surface area contributed by atoms with Crippen LogP contribution in [0.4, 0.5) is 10.1 Å². The molecule has 0 aliphatic carbocycles. The lowest BCUT2D eigenvalue weighted by atomic mass is 9.75. The minimum Gasteiger partial charge on any atom is -0.481 e. The number of piperidine rings is 1. The first-order chi connectivity index (χ1) is 15.5. The van der Waals surface area contributed by atoms with Gasteiger partial charge < -0.3 is 15.0 Å². The average molecular weight is 440 g/mol. The fraction of sp³-hybridized carbons (Fsp3) is 0.458. The molecule has 1 fully saturated rings. The van der Waals surface area contributed by atoms with Crippen LogP contribution in [0.2, 0.25) is 0 Å². The van der Waals surface area contributed by atoms with E-state index in [4.69, 9.17) is 4.74 Å². The Bertz CT molecular complexity index is 1110. The number of nitrogens with one attached hydrogen (secondary N) is 1. The van der Waals surface area contributed by atoms with Crippen molar-refractivity contribution in [1.29, 1.82) is 0 Å². The smallest absolute Gasteiger partial charge is 0.222 e. The molecule has 0 unspecified atom stereocenters. The Labute approximate surface area is 187 Å². The van der Waals surface area contributed by atoms with Gasteiger partial charge in [0.05, 0.1) is 13.3 Å². The third-order valence-corrected chi connectivity index (χ3v) is 6.72. The van der Waals surface area contributed by atoms with E-state index in [1.807, 2.05) is 11.0 Å². The maximum Gasteiger partial charge on any atom is 0.222 e. The quantitative estimate of drug-likeness (QED) is 0.564. The van der Waals surface area contributed by atoms with Gasteiger partial charge in [-0.05, 0) is 48.4 Å². The summed E-state index contributed by atoms with van der Waals surface area (Å²) in [4.78, 5) is 18.8. The summed E-state index contributed by atoms with van der Waals surface area (Å²) < 4.78 is 21.3. The van der Waals surface area contributed by atoms with Crippen LogP contribution < -0.4 is 10.1 Å². The zero-order valence-electron chi connectivity index (χ0n) is 18.9. The summed E-state index contributed by atoms with van der Waals surface area (Å²) in [5.74, 6) is 0.323. The van der Waals surface area contributed by atoms with Crippen LogP contribution in [0.5, 0.6) is 5.88 Å². The maximum atomic E-state index is 14.4. The number of aromatic nitrogens is 3. The van der Waals surface area contributed by atoms with Gasteiger partial charge in [-0.15, -0.1) is 0 Å². The Balaban J connectivity index is 1.49. The third kappa shape index (κ3) is 4.40. The number of methoxy groups -OCH3 is 1. The fourth-order valence-corrected chi connectivity index (χ4v) is 4.49. The molecule has 32 heavy (non-hydrogen) atoms. The second-order valence-corrected chi connectivity index (χ2v) is 8.47. The van der Waals surface area contributed by atoms with Crippen LogP contribution in [0.3, 0.4) is 0 Å². The van der Waals surface area contributed by atoms with Crippen LogP contribution in [0.25, 0.3) is 16.8 Å². The number of benzene rings is 1. The Hall–Kier alpha value is -3.16. The van der Waals surface area contributed by atoms with Crippen LogP contribution in [-0.4, -0.2) is 52.1 Å². The number of anilines is 1. The molecule has 1 saturated heterocycles. The second-order valence-electron chi connectivity index (χ2n) is 8.47. The van der Waals surface area contributed by atoms with Crippen molar-refractivity contribution >= 4 is 17.2 Å². The number of carbonyl (C=O) groups excluding carboxylic acids is 1. The SMILES string of the molecule is CCC1(CC)CCC(=O)N(CCNc2cc(F)cc(-c3cnn4ccc(OC)nc34)c2)C1. The standard InChI is InChI=1S/C24H30FN5O2/c1-4-24(5-2)8-6-22(31)29(16-24)11-9-26-19-13-17(12-18(25)14-19)20-15-27-30-10-7-21(32-3)28-23(20)30/h7,10,12-15,26H,4-6,8-9,11,16H2,1-3H3. The minimum atomic E-state index is -0.350. The van der Waals surface area contributed by atoms with Gasteiger partial charge >= 0.3 is 0 Å². The summed E-state index contributed by atoms with van der Waals surface area (Å²) in [5, 5.41) is 7.59. The summed E-state index contributed by atoms with van der Waals surface area (Å²) in [6.45, 7) is 6.36. The van der Waals surface area contributed by atoms with Crippen molar-refractivity contribution in [1.82, 2.24) is 19.5 Å². The number of rotatable bonds is 8. The van der Waals surface area contributed by atoms with E-state index in [9.17, 15) is 9.18 Å². The fourth-order valence-electron chi connectivity index (χ4n) is 4.49. The Kier molecular flexibility index (Phi) is 6.30. The van der Waals surface area contributed by atoms with E-state index >= 15 is 0 Å². The van der Waals surface area contributed by atoms with Crippen molar-refractivity contribution in [3.63, 3.8) is 0 Å². The highest BCUT2D eigenvalue weighted by molar-refractivity contribution is 5.79. The van der Waals surface area contributed by atoms with E-state index in [-0.39, 0.29) is 17.1 Å². The molecule has 2 aromatic heterocycles. The molecule has 3 heterocycles. The first-order valence-corrected chi connectivity index (χ1v) is 11.2. The molecule has 1 aliphatic rings.